The van der Waals surface area contributed by atoms with Crippen LogP contribution in [0.4, 0.5) is 4.39 Å². The number of fused-ring (bicyclic) bond motifs is 1. The molecule has 3 rings (SSSR count). The van der Waals surface area contributed by atoms with Gasteiger partial charge in [-0.25, -0.2) is 4.39 Å². The third-order valence-electron chi connectivity index (χ3n) is 4.70. The number of hydrogen-bond donors (Lipinski definition) is 2. The van der Waals surface area contributed by atoms with Gasteiger partial charge in [0.2, 0.25) is 5.91 Å². The van der Waals surface area contributed by atoms with Crippen molar-refractivity contribution in [3.05, 3.63) is 35.8 Å². The van der Waals surface area contributed by atoms with Crippen LogP contribution in [0, 0.1) is 5.82 Å². The van der Waals surface area contributed by atoms with Crippen molar-refractivity contribution < 1.29 is 13.9 Å². The molecule has 0 atom stereocenters. The van der Waals surface area contributed by atoms with Crippen molar-refractivity contribution in [2.45, 2.75) is 19.3 Å². The molecule has 2 N–H and O–H groups in total. The summed E-state index contributed by atoms with van der Waals surface area (Å²) in [6.45, 7) is 8.45. The van der Waals surface area contributed by atoms with E-state index in [4.69, 9.17) is 4.74 Å². The molecular formula is C18H24FN3O2. The summed E-state index contributed by atoms with van der Waals surface area (Å²) in [5.74, 6) is -0.354. The van der Waals surface area contributed by atoms with Crippen LogP contribution >= 0.6 is 0 Å². The van der Waals surface area contributed by atoms with E-state index < -0.39 is 5.41 Å². The van der Waals surface area contributed by atoms with Crippen LogP contribution in [-0.4, -0.2) is 55.2 Å². The molecule has 2 heterocycles. The molecule has 1 fully saturated rings. The Bertz CT molecular complexity index is 720. The highest BCUT2D eigenvalue weighted by Gasteiger charge is 2.32. The molecule has 5 nitrogen and oxygen atoms in total. The zero-order chi connectivity index (χ0) is 17.2. The fourth-order valence-corrected chi connectivity index (χ4v) is 3.11. The van der Waals surface area contributed by atoms with Crippen molar-refractivity contribution in [1.29, 1.82) is 0 Å². The largest absolute Gasteiger partial charge is 0.379 e. The summed E-state index contributed by atoms with van der Waals surface area (Å²) in [5.41, 5.74) is 0.901. The topological polar surface area (TPSA) is 57.4 Å². The van der Waals surface area contributed by atoms with E-state index in [1.165, 1.54) is 12.1 Å². The van der Waals surface area contributed by atoms with E-state index in [0.29, 0.717) is 6.54 Å². The zero-order valence-electron chi connectivity index (χ0n) is 14.2. The van der Waals surface area contributed by atoms with E-state index in [1.807, 2.05) is 13.8 Å². The Hall–Kier alpha value is -1.92. The first-order valence-electron chi connectivity index (χ1n) is 8.34. The summed E-state index contributed by atoms with van der Waals surface area (Å²) >= 11 is 0. The Kier molecular flexibility index (Phi) is 4.87. The molecule has 1 aliphatic heterocycles. The van der Waals surface area contributed by atoms with Gasteiger partial charge in [0.25, 0.3) is 0 Å². The van der Waals surface area contributed by atoms with Crippen molar-refractivity contribution >= 4 is 16.8 Å². The quantitative estimate of drug-likeness (QED) is 0.880. The van der Waals surface area contributed by atoms with Crippen molar-refractivity contribution in [2.24, 2.45) is 0 Å². The van der Waals surface area contributed by atoms with Crippen LogP contribution in [0.1, 0.15) is 19.4 Å². The molecule has 1 aliphatic rings. The van der Waals surface area contributed by atoms with Crippen LogP contribution < -0.4 is 5.32 Å². The molecule has 0 aliphatic carbocycles. The summed E-state index contributed by atoms with van der Waals surface area (Å²) < 4.78 is 18.9. The van der Waals surface area contributed by atoms with E-state index in [-0.39, 0.29) is 11.7 Å². The zero-order valence-corrected chi connectivity index (χ0v) is 14.2. The van der Waals surface area contributed by atoms with Crippen LogP contribution in [0.3, 0.4) is 0 Å². The summed E-state index contributed by atoms with van der Waals surface area (Å²) in [4.78, 5) is 18.1. The number of carbonyl (C=O) groups excluding carboxylic acids is 1. The van der Waals surface area contributed by atoms with E-state index in [9.17, 15) is 9.18 Å². The number of hydrogen-bond acceptors (Lipinski definition) is 3. The molecule has 1 aromatic heterocycles. The molecule has 1 saturated heterocycles. The molecule has 2 aromatic rings. The Morgan fingerprint density at radius 1 is 1.38 bits per heavy atom. The fraction of sp³-hybridized carbons (Fsp3) is 0.500. The number of H-pyrrole nitrogens is 1. The third kappa shape index (κ3) is 3.44. The summed E-state index contributed by atoms with van der Waals surface area (Å²) in [6, 6.07) is 4.59. The average molecular weight is 333 g/mol. The predicted molar refractivity (Wildman–Crippen MR) is 91.6 cm³/mol. The average Bonchev–Trinajstić information content (AvgIpc) is 2.99. The number of amides is 1. The van der Waals surface area contributed by atoms with Gasteiger partial charge in [0.05, 0.1) is 18.6 Å². The Labute approximate surface area is 141 Å². The summed E-state index contributed by atoms with van der Waals surface area (Å²) in [7, 11) is 0. The minimum Gasteiger partial charge on any atom is -0.379 e. The highest BCUT2D eigenvalue weighted by Crippen LogP contribution is 2.31. The van der Waals surface area contributed by atoms with Crippen molar-refractivity contribution in [3.63, 3.8) is 0 Å². The van der Waals surface area contributed by atoms with Crippen molar-refractivity contribution in [3.8, 4) is 0 Å². The molecule has 0 saturated carbocycles. The van der Waals surface area contributed by atoms with E-state index in [1.54, 1.807) is 12.3 Å². The smallest absolute Gasteiger partial charge is 0.230 e. The van der Waals surface area contributed by atoms with E-state index in [2.05, 4.69) is 15.2 Å². The van der Waals surface area contributed by atoms with Crippen molar-refractivity contribution in [2.75, 3.05) is 39.4 Å². The minimum atomic E-state index is -0.739. The molecule has 24 heavy (non-hydrogen) atoms. The van der Waals surface area contributed by atoms with E-state index >= 15 is 0 Å². The monoisotopic (exact) mass is 333 g/mol. The number of rotatable bonds is 5. The van der Waals surface area contributed by atoms with Crippen LogP contribution in [-0.2, 0) is 14.9 Å². The molecule has 0 spiro atoms. The lowest BCUT2D eigenvalue weighted by Gasteiger charge is -2.28. The third-order valence-corrected chi connectivity index (χ3v) is 4.70. The maximum Gasteiger partial charge on any atom is 0.230 e. The lowest BCUT2D eigenvalue weighted by molar-refractivity contribution is -0.125. The Morgan fingerprint density at radius 3 is 2.88 bits per heavy atom. The number of nitrogens with zero attached hydrogens (tertiary/aromatic N) is 1. The second-order valence-corrected chi connectivity index (χ2v) is 6.73. The van der Waals surface area contributed by atoms with Gasteiger partial charge in [0, 0.05) is 43.3 Å². The highest BCUT2D eigenvalue weighted by atomic mass is 19.1. The van der Waals surface area contributed by atoms with Gasteiger partial charge in [0.1, 0.15) is 5.82 Å². The predicted octanol–water partition coefficient (Wildman–Crippen LogP) is 2.03. The van der Waals surface area contributed by atoms with Gasteiger partial charge >= 0.3 is 0 Å². The van der Waals surface area contributed by atoms with E-state index in [0.717, 1.165) is 49.3 Å². The number of carbonyl (C=O) groups is 1. The number of halogens is 1. The highest BCUT2D eigenvalue weighted by molar-refractivity contribution is 5.94. The van der Waals surface area contributed by atoms with Crippen LogP contribution in [0.5, 0.6) is 0 Å². The van der Waals surface area contributed by atoms with Crippen molar-refractivity contribution in [1.82, 2.24) is 15.2 Å². The maximum absolute atomic E-state index is 13.6. The minimum absolute atomic E-state index is 0.0547. The SMILES string of the molecule is CC(C)(C(=O)NCCN1CCOCC1)c1c[nH]c2ccc(F)cc12. The number of benzene rings is 1. The number of aromatic amines is 1. The Balaban J connectivity index is 1.66. The normalized spacial score (nSPS) is 16.5. The van der Waals surface area contributed by atoms with Gasteiger partial charge in [-0.05, 0) is 37.6 Å². The molecule has 1 amide bonds. The number of ether oxygens (including phenoxy) is 1. The lowest BCUT2D eigenvalue weighted by atomic mass is 9.83. The van der Waals surface area contributed by atoms with Crippen LogP contribution in [0.15, 0.2) is 24.4 Å². The first-order chi connectivity index (χ1) is 11.5. The number of morpholine rings is 1. The lowest BCUT2D eigenvalue weighted by Crippen LogP contribution is -2.45. The number of aromatic nitrogens is 1. The van der Waals surface area contributed by atoms with Crippen LogP contribution in [0.2, 0.25) is 0 Å². The summed E-state index contributed by atoms with van der Waals surface area (Å²) in [5, 5.41) is 3.76. The second kappa shape index (κ2) is 6.91. The van der Waals surface area contributed by atoms with Gasteiger partial charge in [-0.3, -0.25) is 9.69 Å². The molecule has 0 unspecified atom stereocenters. The maximum atomic E-state index is 13.6. The molecule has 6 heteroatoms. The van der Waals surface area contributed by atoms with Gasteiger partial charge in [-0.2, -0.15) is 0 Å². The first-order valence-corrected chi connectivity index (χ1v) is 8.34. The van der Waals surface area contributed by atoms with Crippen LogP contribution in [0.25, 0.3) is 10.9 Å². The second-order valence-electron chi connectivity index (χ2n) is 6.73. The molecule has 130 valence electrons. The fourth-order valence-electron chi connectivity index (χ4n) is 3.11. The van der Waals surface area contributed by atoms with Gasteiger partial charge in [-0.1, -0.05) is 0 Å². The standard InChI is InChI=1S/C18H24FN3O2/c1-18(2,15-12-21-16-4-3-13(19)11-14(15)16)17(23)20-5-6-22-7-9-24-10-8-22/h3-4,11-12,21H,5-10H2,1-2H3,(H,20,23). The van der Waals surface area contributed by atoms with Gasteiger partial charge in [0.15, 0.2) is 0 Å². The summed E-state index contributed by atoms with van der Waals surface area (Å²) in [6.07, 6.45) is 1.80. The first kappa shape index (κ1) is 16.9. The Morgan fingerprint density at radius 2 is 2.12 bits per heavy atom. The molecule has 0 bridgehead atoms. The molecule has 1 aromatic carbocycles. The van der Waals surface area contributed by atoms with Gasteiger partial charge in [-0.15, -0.1) is 0 Å². The number of nitrogens with one attached hydrogen (secondary N) is 2. The molecule has 0 radical (unpaired) electrons. The molecular weight excluding hydrogens is 309 g/mol. The van der Waals surface area contributed by atoms with Gasteiger partial charge < -0.3 is 15.0 Å².